The Morgan fingerprint density at radius 2 is 2.23 bits per heavy atom. The number of amides is 1. The smallest absolute Gasteiger partial charge is 0.225 e. The van der Waals surface area contributed by atoms with Crippen LogP contribution in [-0.2, 0) is 9.53 Å². The molecule has 1 spiro atoms. The monoisotopic (exact) mass is 302 g/mol. The number of aromatic nitrogens is 1. The molecule has 3 aliphatic rings. The average Bonchev–Trinajstić information content (AvgIpc) is 2.86. The van der Waals surface area contributed by atoms with Crippen molar-refractivity contribution in [2.75, 3.05) is 26.3 Å². The summed E-state index contributed by atoms with van der Waals surface area (Å²) in [4.78, 5) is 18.4. The summed E-state index contributed by atoms with van der Waals surface area (Å²) >= 11 is 0. The van der Waals surface area contributed by atoms with Gasteiger partial charge in [-0.2, -0.15) is 0 Å². The van der Waals surface area contributed by atoms with E-state index in [-0.39, 0.29) is 11.5 Å². The molecule has 5 heteroatoms. The fraction of sp³-hybridized carbons (Fsp3) is 0.647. The van der Waals surface area contributed by atoms with Gasteiger partial charge in [0, 0.05) is 30.7 Å². The van der Waals surface area contributed by atoms with Crippen molar-refractivity contribution in [2.24, 2.45) is 11.8 Å². The Hall–Kier alpha value is -1.62. The number of likely N-dealkylation sites (tertiary alicyclic amines) is 1. The molecule has 1 atom stereocenters. The molecule has 5 nitrogen and oxygen atoms in total. The van der Waals surface area contributed by atoms with Crippen LogP contribution < -0.4 is 4.74 Å². The van der Waals surface area contributed by atoms with E-state index in [2.05, 4.69) is 4.98 Å². The third-order valence-electron chi connectivity index (χ3n) is 5.35. The van der Waals surface area contributed by atoms with Crippen LogP contribution in [-0.4, -0.2) is 47.7 Å². The van der Waals surface area contributed by atoms with Gasteiger partial charge < -0.3 is 14.4 Å². The second-order valence-electron chi connectivity index (χ2n) is 6.70. The van der Waals surface area contributed by atoms with Crippen LogP contribution >= 0.6 is 0 Å². The first-order chi connectivity index (χ1) is 10.8. The van der Waals surface area contributed by atoms with Crippen LogP contribution in [0.4, 0.5) is 0 Å². The molecule has 118 valence electrons. The standard InChI is InChI=1S/C17H22N2O3/c20-16(13-4-3-5-13)19-11-17(12-19)14(7-9-22-17)10-21-15-6-1-2-8-18-15/h1-2,6,8,13-14H,3-5,7,9-12H2/t14-/m0/s1. The van der Waals surface area contributed by atoms with Gasteiger partial charge in [0.1, 0.15) is 5.60 Å². The van der Waals surface area contributed by atoms with Crippen LogP contribution in [0.2, 0.25) is 0 Å². The van der Waals surface area contributed by atoms with E-state index < -0.39 is 0 Å². The number of hydrogen-bond donors (Lipinski definition) is 0. The lowest BCUT2D eigenvalue weighted by Gasteiger charge is -2.51. The highest BCUT2D eigenvalue weighted by Crippen LogP contribution is 2.42. The average molecular weight is 302 g/mol. The minimum absolute atomic E-state index is 0.172. The molecule has 2 saturated heterocycles. The van der Waals surface area contributed by atoms with Crippen LogP contribution in [0.15, 0.2) is 24.4 Å². The predicted octanol–water partition coefficient (Wildman–Crippen LogP) is 1.88. The molecule has 4 rings (SSSR count). The Kier molecular flexibility index (Phi) is 3.53. The largest absolute Gasteiger partial charge is 0.477 e. The minimum Gasteiger partial charge on any atom is -0.477 e. The van der Waals surface area contributed by atoms with Crippen LogP contribution in [0.3, 0.4) is 0 Å². The number of nitrogens with zero attached hydrogens (tertiary/aromatic N) is 2. The van der Waals surface area contributed by atoms with Gasteiger partial charge in [0.05, 0.1) is 19.7 Å². The van der Waals surface area contributed by atoms with Gasteiger partial charge in [-0.25, -0.2) is 4.98 Å². The summed E-state index contributed by atoms with van der Waals surface area (Å²) in [5.41, 5.74) is -0.172. The van der Waals surface area contributed by atoms with E-state index in [0.29, 0.717) is 24.3 Å². The second kappa shape index (κ2) is 5.54. The van der Waals surface area contributed by atoms with Crippen molar-refractivity contribution < 1.29 is 14.3 Å². The number of pyridine rings is 1. The summed E-state index contributed by atoms with van der Waals surface area (Å²) in [6.45, 7) is 2.85. The summed E-state index contributed by atoms with van der Waals surface area (Å²) in [6, 6.07) is 5.67. The van der Waals surface area contributed by atoms with Crippen molar-refractivity contribution >= 4 is 5.91 Å². The number of hydrogen-bond acceptors (Lipinski definition) is 4. The Labute approximate surface area is 130 Å². The van der Waals surface area contributed by atoms with E-state index in [1.807, 2.05) is 23.1 Å². The highest BCUT2D eigenvalue weighted by atomic mass is 16.5. The van der Waals surface area contributed by atoms with Crippen LogP contribution in [0.1, 0.15) is 25.7 Å². The lowest BCUT2D eigenvalue weighted by molar-refractivity contribution is -0.172. The highest BCUT2D eigenvalue weighted by molar-refractivity contribution is 5.80. The molecule has 2 aliphatic heterocycles. The fourth-order valence-electron chi connectivity index (χ4n) is 3.66. The Balaban J connectivity index is 1.33. The molecule has 1 saturated carbocycles. The first kappa shape index (κ1) is 14.0. The van der Waals surface area contributed by atoms with Crippen molar-refractivity contribution in [1.82, 2.24) is 9.88 Å². The molecule has 0 N–H and O–H groups in total. The molecule has 0 aromatic carbocycles. The van der Waals surface area contributed by atoms with Crippen LogP contribution in [0, 0.1) is 11.8 Å². The molecule has 0 bridgehead atoms. The third-order valence-corrected chi connectivity index (χ3v) is 5.35. The van der Waals surface area contributed by atoms with Gasteiger partial charge in [0.15, 0.2) is 0 Å². The maximum atomic E-state index is 12.3. The maximum absolute atomic E-state index is 12.3. The summed E-state index contributed by atoms with van der Waals surface area (Å²) in [6.07, 6.45) is 6.06. The first-order valence-corrected chi connectivity index (χ1v) is 8.23. The molecule has 1 amide bonds. The van der Waals surface area contributed by atoms with Gasteiger partial charge in [-0.3, -0.25) is 4.79 Å². The normalized spacial score (nSPS) is 26.5. The van der Waals surface area contributed by atoms with Gasteiger partial charge in [-0.05, 0) is 25.3 Å². The zero-order valence-electron chi connectivity index (χ0n) is 12.7. The van der Waals surface area contributed by atoms with Crippen molar-refractivity contribution in [3.8, 4) is 5.88 Å². The number of rotatable bonds is 4. The zero-order valence-corrected chi connectivity index (χ0v) is 12.7. The van der Waals surface area contributed by atoms with Crippen molar-refractivity contribution in [3.63, 3.8) is 0 Å². The van der Waals surface area contributed by atoms with E-state index >= 15 is 0 Å². The summed E-state index contributed by atoms with van der Waals surface area (Å²) in [5.74, 6) is 1.62. The zero-order chi connectivity index (χ0) is 15.0. The molecular formula is C17H22N2O3. The number of carbonyl (C=O) groups excluding carboxylic acids is 1. The van der Waals surface area contributed by atoms with Crippen molar-refractivity contribution in [1.29, 1.82) is 0 Å². The van der Waals surface area contributed by atoms with Crippen LogP contribution in [0.25, 0.3) is 0 Å². The molecular weight excluding hydrogens is 280 g/mol. The molecule has 22 heavy (non-hydrogen) atoms. The Morgan fingerprint density at radius 1 is 1.36 bits per heavy atom. The molecule has 1 aromatic heterocycles. The van der Waals surface area contributed by atoms with Crippen molar-refractivity contribution in [3.05, 3.63) is 24.4 Å². The molecule has 0 radical (unpaired) electrons. The number of ether oxygens (including phenoxy) is 2. The Bertz CT molecular complexity index is 538. The first-order valence-electron chi connectivity index (χ1n) is 8.23. The molecule has 0 unspecified atom stereocenters. The van der Waals surface area contributed by atoms with E-state index in [0.717, 1.165) is 39.0 Å². The van der Waals surface area contributed by atoms with E-state index in [1.54, 1.807) is 6.20 Å². The van der Waals surface area contributed by atoms with Crippen LogP contribution in [0.5, 0.6) is 5.88 Å². The van der Waals surface area contributed by atoms with Gasteiger partial charge in [-0.15, -0.1) is 0 Å². The lowest BCUT2D eigenvalue weighted by Crippen LogP contribution is -2.67. The Morgan fingerprint density at radius 3 is 2.91 bits per heavy atom. The molecule has 3 heterocycles. The maximum Gasteiger partial charge on any atom is 0.225 e. The summed E-state index contributed by atoms with van der Waals surface area (Å²) < 4.78 is 11.8. The minimum atomic E-state index is -0.172. The van der Waals surface area contributed by atoms with Gasteiger partial charge in [-0.1, -0.05) is 12.5 Å². The quantitative estimate of drug-likeness (QED) is 0.852. The third kappa shape index (κ3) is 2.37. The SMILES string of the molecule is O=C(C1CCC1)N1CC2(C1)OCC[C@H]2COc1ccccn1. The summed E-state index contributed by atoms with van der Waals surface area (Å²) in [5, 5.41) is 0. The highest BCUT2D eigenvalue weighted by Gasteiger charge is 2.55. The van der Waals surface area contributed by atoms with Gasteiger partial charge >= 0.3 is 0 Å². The second-order valence-corrected chi connectivity index (χ2v) is 6.70. The van der Waals surface area contributed by atoms with E-state index in [1.165, 1.54) is 6.42 Å². The topological polar surface area (TPSA) is 51.7 Å². The lowest BCUT2D eigenvalue weighted by atomic mass is 9.78. The predicted molar refractivity (Wildman–Crippen MR) is 80.4 cm³/mol. The number of carbonyl (C=O) groups is 1. The van der Waals surface area contributed by atoms with Crippen molar-refractivity contribution in [2.45, 2.75) is 31.3 Å². The molecule has 3 fully saturated rings. The van der Waals surface area contributed by atoms with Gasteiger partial charge in [0.25, 0.3) is 0 Å². The fourth-order valence-corrected chi connectivity index (χ4v) is 3.66. The van der Waals surface area contributed by atoms with Gasteiger partial charge in [0.2, 0.25) is 11.8 Å². The van der Waals surface area contributed by atoms with E-state index in [4.69, 9.17) is 9.47 Å². The summed E-state index contributed by atoms with van der Waals surface area (Å²) in [7, 11) is 0. The molecule has 1 aromatic rings. The van der Waals surface area contributed by atoms with E-state index in [9.17, 15) is 4.79 Å². The molecule has 1 aliphatic carbocycles.